The number of methoxy groups -OCH3 is 2. The standard InChI is InChI=1S/C16H32BN2O5P/c1-11(2)19(12(3)4)25(22-9-8-18-5)24-14-13(10-20-6)23-16(17)15(14)21-7/h11-16H,8-10,17H2,1-4,6-7H3/t13-,14?,15+,16-,25?/m1/s1. The Bertz CT molecular complexity index is 416. The topological polar surface area (TPSA) is 53.8 Å². The van der Waals surface area contributed by atoms with Crippen molar-refractivity contribution in [2.45, 2.75) is 64.1 Å². The predicted octanol–water partition coefficient (Wildman–Crippen LogP) is 1.67. The molecule has 1 aliphatic heterocycles. The molecule has 0 aromatic carbocycles. The zero-order chi connectivity index (χ0) is 19.0. The average Bonchev–Trinajstić information content (AvgIpc) is 2.82. The summed E-state index contributed by atoms with van der Waals surface area (Å²) < 4.78 is 31.5. The molecule has 0 spiro atoms. The molecule has 9 heteroatoms. The minimum atomic E-state index is -1.34. The summed E-state index contributed by atoms with van der Waals surface area (Å²) >= 11 is 0. The number of hydrogen-bond acceptors (Lipinski definition) is 6. The first-order valence-electron chi connectivity index (χ1n) is 8.75. The van der Waals surface area contributed by atoms with Gasteiger partial charge in [-0.2, -0.15) is 0 Å². The fourth-order valence-corrected chi connectivity index (χ4v) is 4.81. The normalized spacial score (nSPS) is 28.0. The average molecular weight is 374 g/mol. The molecule has 0 radical (unpaired) electrons. The Morgan fingerprint density at radius 1 is 1.20 bits per heavy atom. The van der Waals surface area contributed by atoms with Gasteiger partial charge in [-0.05, 0) is 27.7 Å². The zero-order valence-electron chi connectivity index (χ0n) is 16.5. The highest BCUT2D eigenvalue weighted by atomic mass is 31.2. The van der Waals surface area contributed by atoms with Crippen LogP contribution in [0.3, 0.4) is 0 Å². The molecule has 144 valence electrons. The van der Waals surface area contributed by atoms with Crippen LogP contribution < -0.4 is 0 Å². The second-order valence-corrected chi connectivity index (χ2v) is 8.03. The summed E-state index contributed by atoms with van der Waals surface area (Å²) in [7, 11) is 3.95. The van der Waals surface area contributed by atoms with Gasteiger partial charge >= 0.3 is 0 Å². The van der Waals surface area contributed by atoms with Gasteiger partial charge in [0.2, 0.25) is 6.54 Å². The highest BCUT2D eigenvalue weighted by Gasteiger charge is 2.46. The molecule has 0 saturated carbocycles. The Labute approximate surface area is 154 Å². The van der Waals surface area contributed by atoms with Crippen LogP contribution in [0.2, 0.25) is 0 Å². The third-order valence-electron chi connectivity index (χ3n) is 4.01. The lowest BCUT2D eigenvalue weighted by molar-refractivity contribution is -0.0196. The van der Waals surface area contributed by atoms with E-state index in [4.69, 9.17) is 29.8 Å². The van der Waals surface area contributed by atoms with Gasteiger partial charge in [0.25, 0.3) is 8.53 Å². The molecule has 1 aliphatic rings. The summed E-state index contributed by atoms with van der Waals surface area (Å²) in [4.78, 5) is 3.37. The van der Waals surface area contributed by atoms with Gasteiger partial charge in [0.05, 0.1) is 12.6 Å². The predicted molar refractivity (Wildman–Crippen MR) is 101 cm³/mol. The second kappa shape index (κ2) is 11.5. The molecule has 0 aromatic heterocycles. The largest absolute Gasteiger partial charge is 0.382 e. The molecule has 0 N–H and O–H groups in total. The lowest BCUT2D eigenvalue weighted by Crippen LogP contribution is -2.41. The van der Waals surface area contributed by atoms with Crippen molar-refractivity contribution >= 4 is 16.4 Å². The maximum Gasteiger partial charge on any atom is 0.259 e. The van der Waals surface area contributed by atoms with Crippen LogP contribution in [0, 0.1) is 6.57 Å². The summed E-state index contributed by atoms with van der Waals surface area (Å²) in [5.74, 6) is 0. The molecule has 0 bridgehead atoms. The van der Waals surface area contributed by atoms with Crippen LogP contribution in [0.5, 0.6) is 0 Å². The van der Waals surface area contributed by atoms with E-state index in [9.17, 15) is 0 Å². The number of nitrogens with zero attached hydrogens (tertiary/aromatic N) is 2. The van der Waals surface area contributed by atoms with Gasteiger partial charge in [0.15, 0.2) is 0 Å². The van der Waals surface area contributed by atoms with Gasteiger partial charge in [-0.15, -0.1) is 0 Å². The van der Waals surface area contributed by atoms with Crippen LogP contribution in [0.4, 0.5) is 0 Å². The third kappa shape index (κ3) is 6.44. The van der Waals surface area contributed by atoms with E-state index in [0.717, 1.165) is 0 Å². The van der Waals surface area contributed by atoms with Crippen molar-refractivity contribution in [2.75, 3.05) is 34.0 Å². The number of hydrogen-bond donors (Lipinski definition) is 0. The SMILES string of the molecule is B[C@@H]1O[C@H](COC)C(OP(OCC[N+]#[C-])N(C(C)C)C(C)C)[C@@H]1OC. The molecular formula is C16H32BN2O5P. The Morgan fingerprint density at radius 2 is 1.84 bits per heavy atom. The molecule has 7 nitrogen and oxygen atoms in total. The first kappa shape index (κ1) is 22.8. The van der Waals surface area contributed by atoms with Crippen LogP contribution in [0.25, 0.3) is 4.85 Å². The quantitative estimate of drug-likeness (QED) is 0.237. The number of ether oxygens (including phenoxy) is 3. The third-order valence-corrected chi connectivity index (χ3v) is 6.14. The molecule has 5 atom stereocenters. The van der Waals surface area contributed by atoms with Gasteiger partial charge in [0.1, 0.15) is 32.8 Å². The summed E-state index contributed by atoms with van der Waals surface area (Å²) in [5.41, 5.74) is 0. The Balaban J connectivity index is 2.97. The number of rotatable bonds is 11. The minimum Gasteiger partial charge on any atom is -0.382 e. The van der Waals surface area contributed by atoms with Crippen LogP contribution in [0.15, 0.2) is 0 Å². The van der Waals surface area contributed by atoms with Crippen molar-refractivity contribution in [3.63, 3.8) is 0 Å². The van der Waals surface area contributed by atoms with Gasteiger partial charge in [-0.1, -0.05) is 0 Å². The molecule has 0 aromatic rings. The van der Waals surface area contributed by atoms with Crippen molar-refractivity contribution < 1.29 is 23.3 Å². The zero-order valence-corrected chi connectivity index (χ0v) is 17.4. The first-order valence-corrected chi connectivity index (χ1v) is 9.88. The van der Waals surface area contributed by atoms with Crippen LogP contribution >= 0.6 is 8.53 Å². The van der Waals surface area contributed by atoms with Crippen molar-refractivity contribution in [3.05, 3.63) is 11.4 Å². The summed E-state index contributed by atoms with van der Waals surface area (Å²) in [6, 6.07) is 0.420. The van der Waals surface area contributed by atoms with Crippen LogP contribution in [-0.4, -0.2) is 82.9 Å². The van der Waals surface area contributed by atoms with Gasteiger partial charge < -0.3 is 28.1 Å². The van der Waals surface area contributed by atoms with E-state index in [0.29, 0.717) is 19.8 Å². The van der Waals surface area contributed by atoms with E-state index in [2.05, 4.69) is 37.2 Å². The molecule has 1 heterocycles. The summed E-state index contributed by atoms with van der Waals surface area (Å²) in [6.07, 6.45) is -0.671. The highest BCUT2D eigenvalue weighted by molar-refractivity contribution is 7.44. The smallest absolute Gasteiger partial charge is 0.259 e. The minimum absolute atomic E-state index is 0.0817. The van der Waals surface area contributed by atoms with Crippen molar-refractivity contribution in [1.82, 2.24) is 4.67 Å². The lowest BCUT2D eigenvalue weighted by Gasteiger charge is -2.38. The Hall–Kier alpha value is -0.255. The second-order valence-electron chi connectivity index (χ2n) is 6.63. The molecule has 0 aliphatic carbocycles. The van der Waals surface area contributed by atoms with E-state index < -0.39 is 8.53 Å². The van der Waals surface area contributed by atoms with Crippen LogP contribution in [0.1, 0.15) is 27.7 Å². The molecular weight excluding hydrogens is 342 g/mol. The van der Waals surface area contributed by atoms with Crippen LogP contribution in [-0.2, 0) is 23.3 Å². The summed E-state index contributed by atoms with van der Waals surface area (Å²) in [6.45, 7) is 16.5. The van der Waals surface area contributed by atoms with Gasteiger partial charge in [-0.25, -0.2) is 11.2 Å². The molecule has 0 amide bonds. The first-order chi connectivity index (χ1) is 11.9. The van der Waals surface area contributed by atoms with Gasteiger partial charge in [-0.3, -0.25) is 0 Å². The monoisotopic (exact) mass is 374 g/mol. The fraction of sp³-hybridized carbons (Fsp3) is 0.938. The Kier molecular flexibility index (Phi) is 10.4. The van der Waals surface area contributed by atoms with Crippen molar-refractivity contribution in [2.24, 2.45) is 0 Å². The molecule has 2 unspecified atom stereocenters. The van der Waals surface area contributed by atoms with E-state index in [1.807, 2.05) is 7.85 Å². The molecule has 1 saturated heterocycles. The Morgan fingerprint density at radius 3 is 2.32 bits per heavy atom. The fourth-order valence-electron chi connectivity index (χ4n) is 3.05. The van der Waals surface area contributed by atoms with Crippen molar-refractivity contribution in [1.29, 1.82) is 0 Å². The lowest BCUT2D eigenvalue weighted by atomic mass is 9.93. The van der Waals surface area contributed by atoms with E-state index >= 15 is 0 Å². The maximum absolute atomic E-state index is 6.96. The van der Waals surface area contributed by atoms with E-state index in [1.54, 1.807) is 14.2 Å². The summed E-state index contributed by atoms with van der Waals surface area (Å²) in [5, 5.41) is 0. The van der Waals surface area contributed by atoms with Gasteiger partial charge in [0, 0.05) is 26.3 Å². The molecule has 1 rings (SSSR count). The molecule has 1 fully saturated rings. The van der Waals surface area contributed by atoms with E-state index in [1.165, 1.54) is 0 Å². The highest BCUT2D eigenvalue weighted by Crippen LogP contribution is 2.49. The van der Waals surface area contributed by atoms with Crippen molar-refractivity contribution in [3.8, 4) is 0 Å². The van der Waals surface area contributed by atoms with E-state index in [-0.39, 0.29) is 36.4 Å². The molecule has 25 heavy (non-hydrogen) atoms. The maximum atomic E-state index is 6.96.